The third-order valence-corrected chi connectivity index (χ3v) is 5.53. The smallest absolute Gasteiger partial charge is 0.475 e. The lowest BCUT2D eigenvalue weighted by Crippen LogP contribution is -2.30. The minimum atomic E-state index is -5.08. The van der Waals surface area contributed by atoms with Crippen molar-refractivity contribution in [1.82, 2.24) is 20.1 Å². The lowest BCUT2D eigenvalue weighted by atomic mass is 9.94. The van der Waals surface area contributed by atoms with E-state index in [4.69, 9.17) is 24.5 Å². The Balaban J connectivity index is 0.000000473. The number of pyridine rings is 1. The van der Waals surface area contributed by atoms with Crippen LogP contribution >= 0.6 is 0 Å². The van der Waals surface area contributed by atoms with Gasteiger partial charge in [0, 0.05) is 19.5 Å². The van der Waals surface area contributed by atoms with Gasteiger partial charge in [0.05, 0.1) is 11.5 Å². The second-order valence-electron chi connectivity index (χ2n) is 8.60. The number of carboxylic acid groups (broad SMARTS) is 2. The van der Waals surface area contributed by atoms with Crippen LogP contribution in [0.5, 0.6) is 5.88 Å². The van der Waals surface area contributed by atoms with Gasteiger partial charge >= 0.3 is 24.3 Å². The van der Waals surface area contributed by atoms with Crippen LogP contribution in [0.4, 0.5) is 32.2 Å². The highest BCUT2D eigenvalue weighted by Crippen LogP contribution is 2.25. The summed E-state index contributed by atoms with van der Waals surface area (Å²) in [7, 11) is 1.83. The van der Waals surface area contributed by atoms with Crippen molar-refractivity contribution in [2.75, 3.05) is 18.4 Å². The lowest BCUT2D eigenvalue weighted by Gasteiger charge is -2.21. The Morgan fingerprint density at radius 1 is 1.05 bits per heavy atom. The van der Waals surface area contributed by atoms with E-state index in [1.807, 2.05) is 19.2 Å². The number of aryl methyl sites for hydroxylation is 1. The van der Waals surface area contributed by atoms with Crippen LogP contribution in [0.3, 0.4) is 0 Å². The standard InChI is InChI=1S/C19H29N5O2.2C2HF3O2/c1-4-14(5-2)26-17-7-6-15-18(23-24(3)19(15)22-17)21-16(25)12-13-8-10-20-11-9-13;2*3-2(4,5)1(6)7/h6-7,13-14,20H,4-5,8-12H2,1-3H3,(H,21,23,25);2*(H,6,7). The number of anilines is 1. The fraction of sp³-hybridized carbons (Fsp3) is 0.609. The molecule has 0 radical (unpaired) electrons. The summed E-state index contributed by atoms with van der Waals surface area (Å²) in [4.78, 5) is 34.8. The molecule has 1 amide bonds. The summed E-state index contributed by atoms with van der Waals surface area (Å²) >= 11 is 0. The third kappa shape index (κ3) is 11.6. The quantitative estimate of drug-likeness (QED) is 0.350. The first-order valence-electron chi connectivity index (χ1n) is 12.1. The summed E-state index contributed by atoms with van der Waals surface area (Å²) in [5.74, 6) is -3.87. The molecule has 1 aliphatic rings. The Morgan fingerprint density at radius 3 is 2.00 bits per heavy atom. The highest BCUT2D eigenvalue weighted by Gasteiger charge is 2.38. The number of halogens is 6. The number of aliphatic carboxylic acids is 2. The zero-order valence-electron chi connectivity index (χ0n) is 21.9. The molecule has 3 heterocycles. The highest BCUT2D eigenvalue weighted by atomic mass is 19.4. The van der Waals surface area contributed by atoms with Crippen LogP contribution < -0.4 is 15.4 Å². The van der Waals surface area contributed by atoms with E-state index in [-0.39, 0.29) is 12.0 Å². The topological polar surface area (TPSA) is 156 Å². The van der Waals surface area contributed by atoms with E-state index < -0.39 is 24.3 Å². The number of nitrogens with one attached hydrogen (secondary N) is 2. The number of carbonyl (C=O) groups excluding carboxylic acids is 1. The number of amides is 1. The predicted molar refractivity (Wildman–Crippen MR) is 130 cm³/mol. The summed E-state index contributed by atoms with van der Waals surface area (Å²) in [6.07, 6.45) is -5.47. The van der Waals surface area contributed by atoms with Crippen LogP contribution in [0.2, 0.25) is 0 Å². The molecule has 3 rings (SSSR count). The van der Waals surface area contributed by atoms with Crippen LogP contribution in [-0.4, -0.2) is 74.4 Å². The van der Waals surface area contributed by atoms with Gasteiger partial charge in [-0.15, -0.1) is 0 Å². The number of ether oxygens (including phenoxy) is 1. The van der Waals surface area contributed by atoms with Crippen molar-refractivity contribution in [3.05, 3.63) is 12.1 Å². The number of piperidine rings is 1. The lowest BCUT2D eigenvalue weighted by molar-refractivity contribution is -0.193. The van der Waals surface area contributed by atoms with E-state index in [2.05, 4.69) is 34.6 Å². The van der Waals surface area contributed by atoms with Gasteiger partial charge < -0.3 is 25.6 Å². The van der Waals surface area contributed by atoms with E-state index in [0.29, 0.717) is 29.7 Å². The molecule has 1 aliphatic heterocycles. The molecular formula is C23H31F6N5O6. The molecule has 11 nitrogen and oxygen atoms in total. The number of nitrogens with zero attached hydrogens (tertiary/aromatic N) is 3. The fourth-order valence-electron chi connectivity index (χ4n) is 3.43. The van der Waals surface area contributed by atoms with E-state index in [1.165, 1.54) is 0 Å². The molecular weight excluding hydrogens is 556 g/mol. The first-order valence-corrected chi connectivity index (χ1v) is 12.1. The minimum absolute atomic E-state index is 0.0225. The molecule has 226 valence electrons. The van der Waals surface area contributed by atoms with Crippen LogP contribution in [0.25, 0.3) is 11.0 Å². The Labute approximate surface area is 224 Å². The molecule has 40 heavy (non-hydrogen) atoms. The molecule has 1 fully saturated rings. The average Bonchev–Trinajstić information content (AvgIpc) is 3.16. The zero-order chi connectivity index (χ0) is 30.7. The van der Waals surface area contributed by atoms with Crippen molar-refractivity contribution < 1.29 is 55.7 Å². The van der Waals surface area contributed by atoms with E-state index >= 15 is 0 Å². The SMILES string of the molecule is CCC(CC)Oc1ccc2c(NC(=O)CC3CCNCC3)nn(C)c2n1.O=C(O)C(F)(F)F.O=C(O)C(F)(F)F. The van der Waals surface area contributed by atoms with Crippen molar-refractivity contribution in [3.63, 3.8) is 0 Å². The number of hydrogen-bond acceptors (Lipinski definition) is 7. The molecule has 0 unspecified atom stereocenters. The number of aromatic nitrogens is 3. The molecule has 0 bridgehead atoms. The fourth-order valence-corrected chi connectivity index (χ4v) is 3.43. The highest BCUT2D eigenvalue weighted by molar-refractivity contribution is 5.99. The molecule has 0 spiro atoms. The summed E-state index contributed by atoms with van der Waals surface area (Å²) in [5.41, 5.74) is 0.714. The third-order valence-electron chi connectivity index (χ3n) is 5.53. The molecule has 4 N–H and O–H groups in total. The van der Waals surface area contributed by atoms with Gasteiger partial charge in [0.1, 0.15) is 0 Å². The van der Waals surface area contributed by atoms with E-state index in [9.17, 15) is 31.1 Å². The van der Waals surface area contributed by atoms with Crippen LogP contribution in [0.1, 0.15) is 46.0 Å². The Morgan fingerprint density at radius 2 is 1.55 bits per heavy atom. The van der Waals surface area contributed by atoms with Gasteiger partial charge in [-0.2, -0.15) is 36.4 Å². The number of carbonyl (C=O) groups is 3. The van der Waals surface area contributed by atoms with Gasteiger partial charge in [-0.05, 0) is 50.8 Å². The maximum Gasteiger partial charge on any atom is 0.490 e. The summed E-state index contributed by atoms with van der Waals surface area (Å²) in [6.45, 7) is 6.20. The minimum Gasteiger partial charge on any atom is -0.475 e. The molecule has 2 aromatic heterocycles. The van der Waals surface area contributed by atoms with Gasteiger partial charge in [-0.25, -0.2) is 14.3 Å². The normalized spacial score (nSPS) is 14.1. The molecule has 0 atom stereocenters. The van der Waals surface area contributed by atoms with Gasteiger partial charge in [0.15, 0.2) is 11.5 Å². The maximum absolute atomic E-state index is 12.4. The number of alkyl halides is 6. The van der Waals surface area contributed by atoms with Crippen molar-refractivity contribution in [2.45, 2.75) is 64.4 Å². The van der Waals surface area contributed by atoms with Gasteiger partial charge in [0.25, 0.3) is 0 Å². The summed E-state index contributed by atoms with van der Waals surface area (Å²) in [5, 5.41) is 25.8. The number of fused-ring (bicyclic) bond motifs is 1. The van der Waals surface area contributed by atoms with Crippen molar-refractivity contribution in [2.24, 2.45) is 13.0 Å². The average molecular weight is 588 g/mol. The second kappa shape index (κ2) is 15.2. The maximum atomic E-state index is 12.4. The molecule has 0 saturated carbocycles. The number of hydrogen-bond donors (Lipinski definition) is 4. The summed E-state index contributed by atoms with van der Waals surface area (Å²) < 4.78 is 71.1. The molecule has 0 aliphatic carbocycles. The second-order valence-corrected chi connectivity index (χ2v) is 8.60. The van der Waals surface area contributed by atoms with E-state index in [1.54, 1.807) is 4.68 Å². The largest absolute Gasteiger partial charge is 0.490 e. The van der Waals surface area contributed by atoms with Gasteiger partial charge in [-0.1, -0.05) is 13.8 Å². The molecule has 0 aromatic carbocycles. The Hall–Kier alpha value is -3.63. The van der Waals surface area contributed by atoms with Crippen LogP contribution in [0.15, 0.2) is 12.1 Å². The zero-order valence-corrected chi connectivity index (χ0v) is 21.9. The molecule has 17 heteroatoms. The first kappa shape index (κ1) is 34.4. The van der Waals surface area contributed by atoms with Crippen molar-refractivity contribution in [3.8, 4) is 5.88 Å². The first-order chi connectivity index (χ1) is 18.5. The predicted octanol–water partition coefficient (Wildman–Crippen LogP) is 4.13. The summed E-state index contributed by atoms with van der Waals surface area (Å²) in [6, 6.07) is 3.78. The number of carboxylic acids is 2. The Bertz CT molecular complexity index is 1100. The monoisotopic (exact) mass is 587 g/mol. The van der Waals surface area contributed by atoms with E-state index in [0.717, 1.165) is 44.2 Å². The van der Waals surface area contributed by atoms with Crippen molar-refractivity contribution in [1.29, 1.82) is 0 Å². The van der Waals surface area contributed by atoms with Crippen molar-refractivity contribution >= 4 is 34.7 Å². The number of rotatable bonds is 7. The van der Waals surface area contributed by atoms with Gasteiger partial charge in [-0.3, -0.25) is 4.79 Å². The Kier molecular flexibility index (Phi) is 13.1. The van der Waals surface area contributed by atoms with Crippen LogP contribution in [0, 0.1) is 5.92 Å². The van der Waals surface area contributed by atoms with Gasteiger partial charge in [0.2, 0.25) is 11.8 Å². The van der Waals surface area contributed by atoms with Crippen LogP contribution in [-0.2, 0) is 21.4 Å². The molecule has 2 aromatic rings. The molecule has 1 saturated heterocycles.